The fraction of sp³-hybridized carbons (Fsp3) is 0.905. The summed E-state index contributed by atoms with van der Waals surface area (Å²) in [5, 5.41) is 10.5. The number of hydrogen-bond acceptors (Lipinski definition) is 4. The minimum Gasteiger partial charge on any atom is -0.392 e. The van der Waals surface area contributed by atoms with Crippen LogP contribution in [0.4, 0.5) is 0 Å². The van der Waals surface area contributed by atoms with Crippen LogP contribution < -0.4 is 0 Å². The molecule has 4 aliphatic carbocycles. The molecule has 5 rings (SSSR count). The molecule has 0 aromatic rings. The topological polar surface area (TPSA) is 57.6 Å². The first-order chi connectivity index (χ1) is 12.2. The van der Waals surface area contributed by atoms with Crippen molar-refractivity contribution in [1.82, 2.24) is 4.31 Å². The fourth-order valence-corrected chi connectivity index (χ4v) is 9.00. The van der Waals surface area contributed by atoms with Gasteiger partial charge in [0.05, 0.1) is 12.5 Å². The highest BCUT2D eigenvalue weighted by molar-refractivity contribution is 7.97. The average molecular weight is 378 g/mol. The van der Waals surface area contributed by atoms with Gasteiger partial charge >= 0.3 is 0 Å². The number of rotatable bonds is 5. The van der Waals surface area contributed by atoms with Crippen LogP contribution in [0.25, 0.3) is 0 Å². The fourth-order valence-electron chi connectivity index (χ4n) is 7.67. The first-order valence-electron chi connectivity index (χ1n) is 10.4. The molecular formula is C21H31NO3S. The van der Waals surface area contributed by atoms with Crippen molar-refractivity contribution in [2.45, 2.75) is 65.4 Å². The Kier molecular flexibility index (Phi) is 3.56. The van der Waals surface area contributed by atoms with E-state index in [9.17, 15) is 14.7 Å². The quantitative estimate of drug-likeness (QED) is 0.747. The minimum absolute atomic E-state index is 0.00985. The molecule has 2 bridgehead atoms. The lowest BCUT2D eigenvalue weighted by atomic mass is 9.37. The zero-order valence-corrected chi connectivity index (χ0v) is 17.0. The number of carbonyl (C=O) groups excluding carboxylic acids is 2. The Hall–Kier alpha value is -0.550. The molecule has 6 unspecified atom stereocenters. The molecule has 1 N–H and O–H groups in total. The van der Waals surface area contributed by atoms with Crippen LogP contribution in [-0.4, -0.2) is 39.5 Å². The van der Waals surface area contributed by atoms with Gasteiger partial charge in [0.1, 0.15) is 5.78 Å². The highest BCUT2D eigenvalue weighted by Crippen LogP contribution is 2.86. The maximum Gasteiger partial charge on any atom is 0.235 e. The number of aliphatic hydroxyl groups is 1. The number of carbonyl (C=O) groups is 2. The van der Waals surface area contributed by atoms with Gasteiger partial charge in [0, 0.05) is 24.1 Å². The Morgan fingerprint density at radius 2 is 2.04 bits per heavy atom. The number of Topliss-reactive ketones (excluding diaryl/α,β-unsaturated/α-hetero) is 1. The van der Waals surface area contributed by atoms with Gasteiger partial charge in [-0.3, -0.25) is 13.9 Å². The van der Waals surface area contributed by atoms with E-state index < -0.39 is 11.5 Å². The number of fused-ring (bicyclic) bond motifs is 1. The molecule has 1 amide bonds. The van der Waals surface area contributed by atoms with E-state index in [2.05, 4.69) is 0 Å². The van der Waals surface area contributed by atoms with Crippen molar-refractivity contribution >= 4 is 23.6 Å². The van der Waals surface area contributed by atoms with E-state index in [0.717, 1.165) is 30.1 Å². The molecule has 7 atom stereocenters. The van der Waals surface area contributed by atoms with Crippen LogP contribution in [0, 0.1) is 39.9 Å². The predicted molar refractivity (Wildman–Crippen MR) is 101 cm³/mol. The van der Waals surface area contributed by atoms with Crippen LogP contribution in [0.1, 0.15) is 59.3 Å². The van der Waals surface area contributed by atoms with Crippen molar-refractivity contribution in [2.75, 3.05) is 12.3 Å². The maximum atomic E-state index is 12.9. The molecule has 5 heteroatoms. The van der Waals surface area contributed by atoms with Crippen molar-refractivity contribution in [3.63, 3.8) is 0 Å². The van der Waals surface area contributed by atoms with E-state index in [0.29, 0.717) is 23.2 Å². The monoisotopic (exact) mass is 377 g/mol. The Morgan fingerprint density at radius 1 is 1.27 bits per heavy atom. The van der Waals surface area contributed by atoms with Crippen molar-refractivity contribution in [3.8, 4) is 0 Å². The molecular weight excluding hydrogens is 346 g/mol. The van der Waals surface area contributed by atoms with E-state index in [1.165, 1.54) is 25.7 Å². The van der Waals surface area contributed by atoms with Crippen LogP contribution in [0.2, 0.25) is 0 Å². The summed E-state index contributed by atoms with van der Waals surface area (Å²) in [5.41, 5.74) is 0.329. The van der Waals surface area contributed by atoms with E-state index in [-0.39, 0.29) is 18.1 Å². The third-order valence-electron chi connectivity index (χ3n) is 9.29. The Bertz CT molecular complexity index is 678. The summed E-state index contributed by atoms with van der Waals surface area (Å²) in [6.07, 6.45) is 5.27. The standard InChI is InChI=1S/C21H31NO3S/c1-4-16(23)19(2,3)17(24)7-18(25)22-9-15-14-6-12-5-13-8-20(15,11-26-22)10-21(12,13)14/h12-15,17,24H,4-11H2,1-3H3/t12?,13?,14?,15?,17-,20?,21?/m0/s1. The number of hydrogen-bond donors (Lipinski definition) is 1. The van der Waals surface area contributed by atoms with Gasteiger partial charge in [-0.1, -0.05) is 20.8 Å². The summed E-state index contributed by atoms with van der Waals surface area (Å²) in [6.45, 7) is 6.20. The van der Waals surface area contributed by atoms with E-state index in [4.69, 9.17) is 0 Å². The van der Waals surface area contributed by atoms with E-state index in [1.807, 2.05) is 11.2 Å². The molecule has 0 aromatic heterocycles. The van der Waals surface area contributed by atoms with Crippen LogP contribution in [0.3, 0.4) is 0 Å². The number of ketones is 1. The smallest absolute Gasteiger partial charge is 0.235 e. The number of aliphatic hydroxyl groups excluding tert-OH is 1. The minimum atomic E-state index is -0.901. The number of nitrogens with zero attached hydrogens (tertiary/aromatic N) is 1. The van der Waals surface area contributed by atoms with Gasteiger partial charge in [-0.2, -0.15) is 0 Å². The molecule has 4 saturated carbocycles. The highest BCUT2D eigenvalue weighted by Gasteiger charge is 2.81. The molecule has 4 nitrogen and oxygen atoms in total. The lowest BCUT2D eigenvalue weighted by molar-refractivity contribution is -0.197. The van der Waals surface area contributed by atoms with Crippen molar-refractivity contribution in [3.05, 3.63) is 0 Å². The maximum absolute atomic E-state index is 12.9. The average Bonchev–Trinajstić information content (AvgIpc) is 3.04. The summed E-state index contributed by atoms with van der Waals surface area (Å²) >= 11 is 1.70. The largest absolute Gasteiger partial charge is 0.392 e. The van der Waals surface area contributed by atoms with Gasteiger partial charge in [0.25, 0.3) is 0 Å². The second-order valence-corrected chi connectivity index (χ2v) is 11.4. The van der Waals surface area contributed by atoms with Crippen molar-refractivity contribution in [2.24, 2.45) is 39.9 Å². The summed E-state index contributed by atoms with van der Waals surface area (Å²) in [4.78, 5) is 25.0. The molecule has 26 heavy (non-hydrogen) atoms. The van der Waals surface area contributed by atoms with E-state index in [1.54, 1.807) is 25.8 Å². The van der Waals surface area contributed by atoms with Crippen molar-refractivity contribution < 1.29 is 14.7 Å². The molecule has 144 valence electrons. The number of amides is 1. The summed E-state index contributed by atoms with van der Waals surface area (Å²) < 4.78 is 1.93. The molecule has 1 saturated heterocycles. The molecule has 5 fully saturated rings. The van der Waals surface area contributed by atoms with Crippen LogP contribution in [-0.2, 0) is 9.59 Å². The molecule has 1 heterocycles. The molecule has 5 aliphatic rings. The van der Waals surface area contributed by atoms with Gasteiger partial charge in [-0.15, -0.1) is 0 Å². The predicted octanol–water partition coefficient (Wildman–Crippen LogP) is 3.29. The van der Waals surface area contributed by atoms with Gasteiger partial charge < -0.3 is 5.11 Å². The summed E-state index contributed by atoms with van der Waals surface area (Å²) in [7, 11) is 0. The van der Waals surface area contributed by atoms with Gasteiger partial charge in [0.2, 0.25) is 5.91 Å². The lowest BCUT2D eigenvalue weighted by Crippen LogP contribution is -2.63. The van der Waals surface area contributed by atoms with Gasteiger partial charge in [-0.25, -0.2) is 0 Å². The van der Waals surface area contributed by atoms with Gasteiger partial charge in [0.15, 0.2) is 0 Å². The zero-order valence-electron chi connectivity index (χ0n) is 16.2. The molecule has 2 spiro atoms. The third-order valence-corrected chi connectivity index (χ3v) is 10.7. The summed E-state index contributed by atoms with van der Waals surface area (Å²) in [6, 6.07) is 0. The zero-order chi connectivity index (χ0) is 18.5. The van der Waals surface area contributed by atoms with Crippen LogP contribution >= 0.6 is 11.9 Å². The Labute approximate surface area is 160 Å². The molecule has 1 aliphatic heterocycles. The molecule has 0 aromatic carbocycles. The third kappa shape index (κ3) is 1.92. The Morgan fingerprint density at radius 3 is 2.73 bits per heavy atom. The van der Waals surface area contributed by atoms with Crippen molar-refractivity contribution in [1.29, 1.82) is 0 Å². The second-order valence-electron chi connectivity index (χ2n) is 10.4. The molecule has 0 radical (unpaired) electrons. The normalized spacial score (nSPS) is 46.1. The second kappa shape index (κ2) is 5.28. The lowest BCUT2D eigenvalue weighted by Gasteiger charge is -2.68. The first kappa shape index (κ1) is 17.5. The highest BCUT2D eigenvalue weighted by atomic mass is 32.2. The van der Waals surface area contributed by atoms with Crippen LogP contribution in [0.15, 0.2) is 0 Å². The Balaban J connectivity index is 1.26. The SMILES string of the molecule is CCC(=O)C(C)(C)[C@@H](O)CC(=O)N1CC2C3CC4CC5CC2(CS1)CC453. The van der Waals surface area contributed by atoms with Crippen LogP contribution in [0.5, 0.6) is 0 Å². The van der Waals surface area contributed by atoms with E-state index >= 15 is 0 Å². The summed E-state index contributed by atoms with van der Waals surface area (Å²) in [5.74, 6) is 4.65. The van der Waals surface area contributed by atoms with Gasteiger partial charge in [-0.05, 0) is 72.1 Å². The first-order valence-corrected chi connectivity index (χ1v) is 11.3.